The first-order chi connectivity index (χ1) is 12.0. The van der Waals surface area contributed by atoms with E-state index in [-0.39, 0.29) is 4.90 Å². The highest BCUT2D eigenvalue weighted by Crippen LogP contribution is 2.35. The van der Waals surface area contributed by atoms with Gasteiger partial charge in [-0.25, -0.2) is 4.83 Å². The van der Waals surface area contributed by atoms with Gasteiger partial charge < -0.3 is 0 Å². The van der Waals surface area contributed by atoms with Gasteiger partial charge in [-0.2, -0.15) is 13.5 Å². The van der Waals surface area contributed by atoms with Gasteiger partial charge in [0.15, 0.2) is 0 Å². The van der Waals surface area contributed by atoms with Crippen molar-refractivity contribution in [2.75, 3.05) is 0 Å². The largest absolute Gasteiger partial charge is 0.276 e. The SMILES string of the molecule is Cc1ccc(S(=O)(=O)NN=C2CCC(c3ccccc3Cl)CC2)cc1. The second-order valence-corrected chi connectivity index (χ2v) is 8.45. The predicted molar refractivity (Wildman–Crippen MR) is 102 cm³/mol. The summed E-state index contributed by atoms with van der Waals surface area (Å²) in [5, 5.41) is 4.95. The Morgan fingerprint density at radius 2 is 1.68 bits per heavy atom. The Morgan fingerprint density at radius 3 is 2.32 bits per heavy atom. The van der Waals surface area contributed by atoms with Crippen LogP contribution in [0.4, 0.5) is 0 Å². The Bertz CT molecular complexity index is 867. The molecule has 0 atom stereocenters. The van der Waals surface area contributed by atoms with Gasteiger partial charge in [0.25, 0.3) is 10.0 Å². The molecule has 0 bridgehead atoms. The number of aryl methyl sites for hydroxylation is 1. The maximum absolute atomic E-state index is 12.3. The number of nitrogens with zero attached hydrogens (tertiary/aromatic N) is 1. The first-order valence-corrected chi connectivity index (χ1v) is 10.2. The second kappa shape index (κ2) is 7.58. The normalized spacial score (nSPS) is 18.0. The molecule has 132 valence electrons. The molecule has 0 aromatic heterocycles. The zero-order valence-electron chi connectivity index (χ0n) is 14.1. The zero-order chi connectivity index (χ0) is 17.9. The van der Waals surface area contributed by atoms with Gasteiger partial charge in [0.1, 0.15) is 0 Å². The number of sulfonamides is 1. The second-order valence-electron chi connectivity index (χ2n) is 6.38. The first kappa shape index (κ1) is 18.0. The van der Waals surface area contributed by atoms with Crippen molar-refractivity contribution >= 4 is 27.3 Å². The molecule has 1 fully saturated rings. The van der Waals surface area contributed by atoms with Crippen molar-refractivity contribution < 1.29 is 8.42 Å². The predicted octanol–water partition coefficient (Wildman–Crippen LogP) is 4.64. The molecule has 3 rings (SSSR count). The van der Waals surface area contributed by atoms with Crippen LogP contribution in [0.25, 0.3) is 0 Å². The lowest BCUT2D eigenvalue weighted by atomic mass is 9.83. The number of hydrogen-bond donors (Lipinski definition) is 1. The van der Waals surface area contributed by atoms with Gasteiger partial charge in [0.2, 0.25) is 0 Å². The van der Waals surface area contributed by atoms with Gasteiger partial charge in [0.05, 0.1) is 4.90 Å². The lowest BCUT2D eigenvalue weighted by Crippen LogP contribution is -2.22. The molecule has 2 aromatic carbocycles. The Balaban J connectivity index is 1.63. The van der Waals surface area contributed by atoms with E-state index in [1.807, 2.05) is 25.1 Å². The van der Waals surface area contributed by atoms with E-state index in [4.69, 9.17) is 11.6 Å². The van der Waals surface area contributed by atoms with Crippen LogP contribution in [0.1, 0.15) is 42.7 Å². The third-order valence-corrected chi connectivity index (χ3v) is 6.13. The third-order valence-electron chi connectivity index (χ3n) is 4.56. The Hall–Kier alpha value is -1.85. The van der Waals surface area contributed by atoms with Gasteiger partial charge in [-0.15, -0.1) is 0 Å². The van der Waals surface area contributed by atoms with Crippen molar-refractivity contribution in [3.63, 3.8) is 0 Å². The highest BCUT2D eigenvalue weighted by atomic mass is 35.5. The minimum atomic E-state index is -3.61. The van der Waals surface area contributed by atoms with Gasteiger partial charge in [-0.05, 0) is 62.3 Å². The molecule has 0 spiro atoms. The third kappa shape index (κ3) is 4.41. The number of halogens is 1. The fourth-order valence-electron chi connectivity index (χ4n) is 3.07. The number of nitrogens with one attached hydrogen (secondary N) is 1. The van der Waals surface area contributed by atoms with E-state index < -0.39 is 10.0 Å². The van der Waals surface area contributed by atoms with Crippen molar-refractivity contribution in [2.45, 2.75) is 43.4 Å². The molecule has 0 saturated heterocycles. The fourth-order valence-corrected chi connectivity index (χ4v) is 4.21. The van der Waals surface area contributed by atoms with E-state index in [0.717, 1.165) is 42.0 Å². The maximum Gasteiger partial charge on any atom is 0.276 e. The molecule has 0 radical (unpaired) electrons. The molecular formula is C19H21ClN2O2S. The number of hydrazone groups is 1. The molecule has 1 N–H and O–H groups in total. The standard InChI is InChI=1S/C19H21ClN2O2S/c1-14-6-12-17(13-7-14)25(23,24)22-21-16-10-8-15(9-11-16)18-4-2-3-5-19(18)20/h2-7,12-13,15,22H,8-11H2,1H3. The van der Waals surface area contributed by atoms with Crippen molar-refractivity contribution in [1.29, 1.82) is 0 Å². The first-order valence-electron chi connectivity index (χ1n) is 8.34. The molecule has 0 heterocycles. The summed E-state index contributed by atoms with van der Waals surface area (Å²) in [6.07, 6.45) is 3.39. The maximum atomic E-state index is 12.3. The van der Waals surface area contributed by atoms with Crippen molar-refractivity contribution in [3.05, 3.63) is 64.7 Å². The lowest BCUT2D eigenvalue weighted by Gasteiger charge is -2.24. The van der Waals surface area contributed by atoms with Crippen LogP contribution in [-0.4, -0.2) is 14.1 Å². The molecule has 0 aliphatic heterocycles. The Labute approximate surface area is 154 Å². The number of hydrogen-bond acceptors (Lipinski definition) is 3. The van der Waals surface area contributed by atoms with Gasteiger partial charge >= 0.3 is 0 Å². The summed E-state index contributed by atoms with van der Waals surface area (Å²) >= 11 is 6.27. The smallest absolute Gasteiger partial charge is 0.200 e. The molecule has 0 unspecified atom stereocenters. The Kier molecular flexibility index (Phi) is 5.45. The van der Waals surface area contributed by atoms with Crippen LogP contribution in [0, 0.1) is 6.92 Å². The molecule has 1 aliphatic rings. The van der Waals surface area contributed by atoms with E-state index >= 15 is 0 Å². The van der Waals surface area contributed by atoms with Crippen LogP contribution in [0.15, 0.2) is 58.5 Å². The van der Waals surface area contributed by atoms with E-state index in [2.05, 4.69) is 16.0 Å². The molecule has 1 saturated carbocycles. The highest BCUT2D eigenvalue weighted by Gasteiger charge is 2.21. The molecule has 0 amide bonds. The molecule has 1 aliphatic carbocycles. The van der Waals surface area contributed by atoms with E-state index in [9.17, 15) is 8.42 Å². The zero-order valence-corrected chi connectivity index (χ0v) is 15.6. The fraction of sp³-hybridized carbons (Fsp3) is 0.316. The lowest BCUT2D eigenvalue weighted by molar-refractivity contribution is 0.560. The van der Waals surface area contributed by atoms with Crippen LogP contribution in [-0.2, 0) is 10.0 Å². The van der Waals surface area contributed by atoms with Crippen molar-refractivity contribution in [2.24, 2.45) is 5.10 Å². The monoisotopic (exact) mass is 376 g/mol. The average Bonchev–Trinajstić information content (AvgIpc) is 2.61. The van der Waals surface area contributed by atoms with Crippen LogP contribution in [0.5, 0.6) is 0 Å². The topological polar surface area (TPSA) is 58.5 Å². The van der Waals surface area contributed by atoms with E-state index in [1.54, 1.807) is 24.3 Å². The summed E-state index contributed by atoms with van der Waals surface area (Å²) in [7, 11) is -3.61. The van der Waals surface area contributed by atoms with Crippen LogP contribution in [0.3, 0.4) is 0 Å². The average molecular weight is 377 g/mol. The molecule has 6 heteroatoms. The van der Waals surface area contributed by atoms with Crippen molar-refractivity contribution in [3.8, 4) is 0 Å². The molecule has 4 nitrogen and oxygen atoms in total. The van der Waals surface area contributed by atoms with E-state index in [0.29, 0.717) is 5.92 Å². The van der Waals surface area contributed by atoms with Crippen molar-refractivity contribution in [1.82, 2.24) is 4.83 Å². The summed E-state index contributed by atoms with van der Waals surface area (Å²) in [4.78, 5) is 2.59. The number of benzene rings is 2. The van der Waals surface area contributed by atoms with Gasteiger partial charge in [-0.3, -0.25) is 0 Å². The van der Waals surface area contributed by atoms with E-state index in [1.165, 1.54) is 5.56 Å². The minimum Gasteiger partial charge on any atom is -0.200 e. The van der Waals surface area contributed by atoms with Crippen LogP contribution >= 0.6 is 11.6 Å². The molecule has 2 aromatic rings. The van der Waals surface area contributed by atoms with Crippen LogP contribution < -0.4 is 4.83 Å². The molecular weight excluding hydrogens is 356 g/mol. The summed E-state index contributed by atoms with van der Waals surface area (Å²) in [5.74, 6) is 0.404. The number of rotatable bonds is 4. The quantitative estimate of drug-likeness (QED) is 0.790. The van der Waals surface area contributed by atoms with Crippen LogP contribution in [0.2, 0.25) is 5.02 Å². The van der Waals surface area contributed by atoms with Gasteiger partial charge in [0, 0.05) is 10.7 Å². The van der Waals surface area contributed by atoms with Gasteiger partial charge in [-0.1, -0.05) is 47.5 Å². The summed E-state index contributed by atoms with van der Waals surface area (Å²) in [6.45, 7) is 1.92. The summed E-state index contributed by atoms with van der Waals surface area (Å²) in [5.41, 5.74) is 3.07. The molecule has 25 heavy (non-hydrogen) atoms. The minimum absolute atomic E-state index is 0.229. The summed E-state index contributed by atoms with van der Waals surface area (Å²) in [6, 6.07) is 14.6. The Morgan fingerprint density at radius 1 is 1.04 bits per heavy atom. The highest BCUT2D eigenvalue weighted by molar-refractivity contribution is 7.89. The summed E-state index contributed by atoms with van der Waals surface area (Å²) < 4.78 is 24.6.